The highest BCUT2D eigenvalue weighted by molar-refractivity contribution is 7.99. The Labute approximate surface area is 125 Å². The molecule has 2 aromatic carbocycles. The maximum Gasteiger partial charge on any atom is 0.338 e. The molecule has 1 N–H and O–H groups in total. The zero-order valence-corrected chi connectivity index (χ0v) is 11.9. The highest BCUT2D eigenvalue weighted by atomic mass is 32.2. The third-order valence-electron chi connectivity index (χ3n) is 3.42. The molecule has 0 radical (unpaired) electrons. The number of carbonyl (C=O) groups is 1. The topological polar surface area (TPSA) is 46.5 Å². The minimum Gasteiger partial charge on any atom is -0.493 e. The van der Waals surface area contributed by atoms with Crippen LogP contribution in [0.25, 0.3) is 0 Å². The Hall–Kier alpha value is -2.01. The van der Waals surface area contributed by atoms with Gasteiger partial charge >= 0.3 is 5.97 Å². The number of aromatic carboxylic acids is 1. The number of para-hydroxylation sites is 1. The lowest BCUT2D eigenvalue weighted by Gasteiger charge is -2.09. The summed E-state index contributed by atoms with van der Waals surface area (Å²) in [6.07, 6.45) is 0. The lowest BCUT2D eigenvalue weighted by atomic mass is 10.0. The Morgan fingerprint density at radius 1 is 1.33 bits per heavy atom. The summed E-state index contributed by atoms with van der Waals surface area (Å²) < 4.78 is 19.0. The quantitative estimate of drug-likeness (QED) is 0.873. The number of rotatable bonds is 4. The SMILES string of the molecule is O=C(O)c1cc(SCC2COc3ccccc32)ccc1F. The number of carboxylic acids is 1. The van der Waals surface area contributed by atoms with Crippen LogP contribution in [0.5, 0.6) is 5.75 Å². The maximum atomic E-state index is 13.3. The molecule has 0 bridgehead atoms. The molecular weight excluding hydrogens is 291 g/mol. The van der Waals surface area contributed by atoms with Gasteiger partial charge in [0.25, 0.3) is 0 Å². The summed E-state index contributed by atoms with van der Waals surface area (Å²) in [5.41, 5.74) is 0.883. The van der Waals surface area contributed by atoms with Gasteiger partial charge in [0.05, 0.1) is 12.2 Å². The van der Waals surface area contributed by atoms with Crippen molar-refractivity contribution >= 4 is 17.7 Å². The molecule has 108 valence electrons. The standard InChI is InChI=1S/C16H13FO3S/c17-14-6-5-11(7-13(14)16(18)19)21-9-10-8-20-15-4-2-1-3-12(10)15/h1-7,10H,8-9H2,(H,18,19). The first-order chi connectivity index (χ1) is 10.1. The average molecular weight is 304 g/mol. The van der Waals surface area contributed by atoms with E-state index in [4.69, 9.17) is 9.84 Å². The van der Waals surface area contributed by atoms with Gasteiger partial charge < -0.3 is 9.84 Å². The predicted octanol–water partition coefficient (Wildman–Crippen LogP) is 3.79. The van der Waals surface area contributed by atoms with Crippen molar-refractivity contribution in [2.45, 2.75) is 10.8 Å². The summed E-state index contributed by atoms with van der Waals surface area (Å²) in [7, 11) is 0. The predicted molar refractivity (Wildman–Crippen MR) is 78.8 cm³/mol. The van der Waals surface area contributed by atoms with Crippen LogP contribution in [-0.2, 0) is 0 Å². The van der Waals surface area contributed by atoms with Gasteiger partial charge in [-0.2, -0.15) is 0 Å². The van der Waals surface area contributed by atoms with Crippen molar-refractivity contribution in [1.29, 1.82) is 0 Å². The number of ether oxygens (including phenoxy) is 1. The second kappa shape index (κ2) is 5.77. The zero-order valence-electron chi connectivity index (χ0n) is 11.1. The molecule has 0 aliphatic carbocycles. The van der Waals surface area contributed by atoms with Crippen LogP contribution in [0, 0.1) is 5.82 Å². The Balaban J connectivity index is 1.72. The van der Waals surface area contributed by atoms with Crippen LogP contribution >= 0.6 is 11.8 Å². The van der Waals surface area contributed by atoms with Gasteiger partial charge in [-0.15, -0.1) is 11.8 Å². The number of fused-ring (bicyclic) bond motifs is 1. The molecule has 0 aromatic heterocycles. The highest BCUT2D eigenvalue weighted by Crippen LogP contribution is 2.37. The van der Waals surface area contributed by atoms with Crippen LogP contribution in [0.4, 0.5) is 4.39 Å². The van der Waals surface area contributed by atoms with E-state index in [1.54, 1.807) is 6.07 Å². The van der Waals surface area contributed by atoms with Crippen LogP contribution in [0.1, 0.15) is 21.8 Å². The minimum absolute atomic E-state index is 0.268. The maximum absolute atomic E-state index is 13.3. The molecule has 0 spiro atoms. The van der Waals surface area contributed by atoms with Crippen molar-refractivity contribution in [1.82, 2.24) is 0 Å². The van der Waals surface area contributed by atoms with E-state index in [1.165, 1.54) is 29.5 Å². The summed E-state index contributed by atoms with van der Waals surface area (Å²) in [6, 6.07) is 12.1. The Morgan fingerprint density at radius 3 is 2.95 bits per heavy atom. The fraction of sp³-hybridized carbons (Fsp3) is 0.188. The van der Waals surface area contributed by atoms with Crippen LogP contribution in [0.3, 0.4) is 0 Å². The zero-order chi connectivity index (χ0) is 14.8. The Morgan fingerprint density at radius 2 is 2.14 bits per heavy atom. The van der Waals surface area contributed by atoms with E-state index in [0.29, 0.717) is 6.61 Å². The van der Waals surface area contributed by atoms with Crippen molar-refractivity contribution in [2.24, 2.45) is 0 Å². The third-order valence-corrected chi connectivity index (χ3v) is 4.57. The number of hydrogen-bond acceptors (Lipinski definition) is 3. The van der Waals surface area contributed by atoms with E-state index in [2.05, 4.69) is 0 Å². The first-order valence-electron chi connectivity index (χ1n) is 6.52. The fourth-order valence-electron chi connectivity index (χ4n) is 2.32. The number of hydrogen-bond donors (Lipinski definition) is 1. The Bertz CT molecular complexity index is 687. The van der Waals surface area contributed by atoms with E-state index in [-0.39, 0.29) is 11.5 Å². The molecule has 0 fully saturated rings. The lowest BCUT2D eigenvalue weighted by Crippen LogP contribution is -2.04. The molecule has 3 nitrogen and oxygen atoms in total. The lowest BCUT2D eigenvalue weighted by molar-refractivity contribution is 0.0691. The first kappa shape index (κ1) is 13.9. The van der Waals surface area contributed by atoms with Gasteiger partial charge in [-0.05, 0) is 24.3 Å². The third kappa shape index (κ3) is 2.88. The second-order valence-corrected chi connectivity index (χ2v) is 5.90. The van der Waals surface area contributed by atoms with Crippen molar-refractivity contribution in [3.8, 4) is 5.75 Å². The largest absolute Gasteiger partial charge is 0.493 e. The monoisotopic (exact) mass is 304 g/mol. The van der Waals surface area contributed by atoms with Gasteiger partial charge in [-0.1, -0.05) is 18.2 Å². The van der Waals surface area contributed by atoms with E-state index >= 15 is 0 Å². The molecule has 5 heteroatoms. The summed E-state index contributed by atoms with van der Waals surface area (Å²) >= 11 is 1.51. The normalized spacial score (nSPS) is 16.3. The van der Waals surface area contributed by atoms with Crippen LogP contribution in [-0.4, -0.2) is 23.4 Å². The van der Waals surface area contributed by atoms with Crippen molar-refractivity contribution in [3.05, 3.63) is 59.4 Å². The summed E-state index contributed by atoms with van der Waals surface area (Å²) in [5, 5.41) is 8.93. The first-order valence-corrected chi connectivity index (χ1v) is 7.51. The van der Waals surface area contributed by atoms with Gasteiger partial charge in [-0.3, -0.25) is 0 Å². The van der Waals surface area contributed by atoms with Gasteiger partial charge in [0.1, 0.15) is 11.6 Å². The van der Waals surface area contributed by atoms with E-state index < -0.39 is 11.8 Å². The molecule has 0 saturated carbocycles. The number of benzene rings is 2. The van der Waals surface area contributed by atoms with E-state index in [1.807, 2.05) is 24.3 Å². The van der Waals surface area contributed by atoms with Crippen molar-refractivity contribution < 1.29 is 19.0 Å². The Kier molecular flexibility index (Phi) is 3.84. The molecule has 1 aliphatic heterocycles. The molecule has 1 aliphatic rings. The number of thioether (sulfide) groups is 1. The smallest absolute Gasteiger partial charge is 0.338 e. The van der Waals surface area contributed by atoms with Crippen molar-refractivity contribution in [3.63, 3.8) is 0 Å². The molecule has 0 amide bonds. The van der Waals surface area contributed by atoms with Crippen LogP contribution in [0.15, 0.2) is 47.4 Å². The molecule has 21 heavy (non-hydrogen) atoms. The molecular formula is C16H13FO3S. The molecule has 3 rings (SSSR count). The molecule has 1 heterocycles. The molecule has 2 aromatic rings. The van der Waals surface area contributed by atoms with Gasteiger partial charge in [0, 0.05) is 22.1 Å². The van der Waals surface area contributed by atoms with E-state index in [0.717, 1.165) is 16.4 Å². The summed E-state index contributed by atoms with van der Waals surface area (Å²) in [6.45, 7) is 0.624. The van der Waals surface area contributed by atoms with Gasteiger partial charge in [0.15, 0.2) is 0 Å². The molecule has 1 atom stereocenters. The number of halogens is 1. The molecule has 0 saturated heterocycles. The van der Waals surface area contributed by atoms with Crippen LogP contribution < -0.4 is 4.74 Å². The average Bonchev–Trinajstić information content (AvgIpc) is 2.89. The fourth-order valence-corrected chi connectivity index (χ4v) is 3.36. The van der Waals surface area contributed by atoms with Crippen LogP contribution in [0.2, 0.25) is 0 Å². The van der Waals surface area contributed by atoms with E-state index in [9.17, 15) is 9.18 Å². The number of carboxylic acid groups (broad SMARTS) is 1. The minimum atomic E-state index is -1.25. The second-order valence-electron chi connectivity index (χ2n) is 4.80. The molecule has 1 unspecified atom stereocenters. The van der Waals surface area contributed by atoms with Gasteiger partial charge in [-0.25, -0.2) is 9.18 Å². The highest BCUT2D eigenvalue weighted by Gasteiger charge is 2.23. The van der Waals surface area contributed by atoms with Crippen molar-refractivity contribution in [2.75, 3.05) is 12.4 Å². The van der Waals surface area contributed by atoms with Gasteiger partial charge in [0.2, 0.25) is 0 Å². The summed E-state index contributed by atoms with van der Waals surface area (Å²) in [5.74, 6) is -0.00863. The summed E-state index contributed by atoms with van der Waals surface area (Å²) in [4.78, 5) is 11.7.